The van der Waals surface area contributed by atoms with E-state index in [2.05, 4.69) is 15.2 Å². The van der Waals surface area contributed by atoms with Crippen molar-refractivity contribution in [1.29, 1.82) is 0 Å². The molecule has 1 aromatic heterocycles. The third-order valence-electron chi connectivity index (χ3n) is 3.63. The number of nitrogens with one attached hydrogen (secondary N) is 1. The van der Waals surface area contributed by atoms with Gasteiger partial charge < -0.3 is 10.1 Å². The molecular weight excluding hydrogens is 328 g/mol. The number of aryl methyl sites for hydroxylation is 2. The predicted molar refractivity (Wildman–Crippen MR) is 91.4 cm³/mol. The number of benzene rings is 2. The normalized spacial score (nSPS) is 12.3. The number of sulfonamides is 1. The largest absolute Gasteiger partial charge is 0.493 e. The molecule has 0 amide bonds. The maximum absolute atomic E-state index is 11.2. The van der Waals surface area contributed by atoms with Gasteiger partial charge in [0.25, 0.3) is 0 Å². The molecule has 4 N–H and O–H groups in total. The Morgan fingerprint density at radius 1 is 1.08 bits per heavy atom. The number of primary sulfonamides is 1. The van der Waals surface area contributed by atoms with Gasteiger partial charge in [0, 0.05) is 5.39 Å². The molecule has 3 aromatic rings. The fourth-order valence-electron chi connectivity index (χ4n) is 2.54. The van der Waals surface area contributed by atoms with E-state index in [0.29, 0.717) is 11.4 Å². The quantitative estimate of drug-likeness (QED) is 0.630. The van der Waals surface area contributed by atoms with Crippen molar-refractivity contribution >= 4 is 32.3 Å². The molecule has 0 aliphatic heterocycles. The van der Waals surface area contributed by atoms with Crippen LogP contribution in [-0.4, -0.2) is 18.5 Å². The van der Waals surface area contributed by atoms with Gasteiger partial charge in [-0.15, -0.1) is 5.11 Å². The zero-order valence-corrected chi connectivity index (χ0v) is 13.9. The number of hydrogen-bond acceptors (Lipinski definition) is 5. The number of azo groups is 1. The van der Waals surface area contributed by atoms with E-state index >= 15 is 0 Å². The van der Waals surface area contributed by atoms with Crippen molar-refractivity contribution < 1.29 is 13.5 Å². The van der Waals surface area contributed by atoms with Crippen LogP contribution in [0, 0.1) is 13.8 Å². The molecule has 3 rings (SSSR count). The van der Waals surface area contributed by atoms with Crippen molar-refractivity contribution in [2.24, 2.45) is 15.4 Å². The second kappa shape index (κ2) is 5.73. The predicted octanol–water partition coefficient (Wildman–Crippen LogP) is 3.55. The molecule has 124 valence electrons. The summed E-state index contributed by atoms with van der Waals surface area (Å²) in [5, 5.41) is 24.0. The third-order valence-corrected chi connectivity index (χ3v) is 4.56. The van der Waals surface area contributed by atoms with Gasteiger partial charge in [0.15, 0.2) is 5.69 Å². The lowest BCUT2D eigenvalue weighted by Crippen LogP contribution is -2.11. The Labute approximate surface area is 138 Å². The van der Waals surface area contributed by atoms with Crippen LogP contribution in [0.2, 0.25) is 0 Å². The van der Waals surface area contributed by atoms with Crippen LogP contribution >= 0.6 is 0 Å². The van der Waals surface area contributed by atoms with Gasteiger partial charge in [0.05, 0.1) is 16.1 Å². The number of aromatic amines is 1. The number of nitrogens with zero attached hydrogens (tertiary/aromatic N) is 2. The molecule has 0 spiro atoms. The smallest absolute Gasteiger partial charge is 0.238 e. The van der Waals surface area contributed by atoms with Crippen molar-refractivity contribution in [3.05, 3.63) is 47.5 Å². The Balaban J connectivity index is 2.01. The second-order valence-corrected chi connectivity index (χ2v) is 7.13. The number of hydrogen-bond donors (Lipinski definition) is 3. The van der Waals surface area contributed by atoms with Gasteiger partial charge in [-0.05, 0) is 49.7 Å². The Morgan fingerprint density at radius 2 is 1.75 bits per heavy atom. The van der Waals surface area contributed by atoms with Crippen molar-refractivity contribution in [1.82, 2.24) is 4.98 Å². The molecule has 8 heteroatoms. The van der Waals surface area contributed by atoms with Gasteiger partial charge in [-0.2, -0.15) is 5.11 Å². The van der Waals surface area contributed by atoms with E-state index in [4.69, 9.17) is 5.14 Å². The second-order valence-electron chi connectivity index (χ2n) is 5.57. The fourth-order valence-corrected chi connectivity index (χ4v) is 3.05. The number of fused-ring (bicyclic) bond motifs is 1. The van der Waals surface area contributed by atoms with Crippen molar-refractivity contribution in [2.45, 2.75) is 18.7 Å². The standard InChI is InChI=1S/C16H16N4O3S/c1-9-7-10(2)14-13(8-9)15(16(21)18-14)20-19-11-3-5-12(6-4-11)24(17,22)23/h3-8,18,21H,1-2H3,(H2,17,22,23). The number of H-pyrrole nitrogens is 1. The highest BCUT2D eigenvalue weighted by atomic mass is 32.2. The summed E-state index contributed by atoms with van der Waals surface area (Å²) in [7, 11) is -3.74. The maximum atomic E-state index is 11.2. The maximum Gasteiger partial charge on any atom is 0.238 e. The first-order chi connectivity index (χ1) is 11.3. The van der Waals surface area contributed by atoms with Crippen molar-refractivity contribution in [3.63, 3.8) is 0 Å². The van der Waals surface area contributed by atoms with Gasteiger partial charge in [0.2, 0.25) is 15.9 Å². The molecular formula is C16H16N4O3S. The monoisotopic (exact) mass is 344 g/mol. The minimum atomic E-state index is -3.74. The summed E-state index contributed by atoms with van der Waals surface area (Å²) in [5.74, 6) is -0.0661. The van der Waals surface area contributed by atoms with E-state index in [1.54, 1.807) is 0 Å². The molecule has 0 aliphatic carbocycles. The summed E-state index contributed by atoms with van der Waals surface area (Å²) in [4.78, 5) is 2.90. The first-order valence-electron chi connectivity index (χ1n) is 7.12. The summed E-state index contributed by atoms with van der Waals surface area (Å²) in [6.07, 6.45) is 0. The molecule has 0 saturated heterocycles. The Hall–Kier alpha value is -2.71. The minimum absolute atomic E-state index is 0.00245. The Morgan fingerprint density at radius 3 is 2.38 bits per heavy atom. The first-order valence-corrected chi connectivity index (χ1v) is 8.67. The van der Waals surface area contributed by atoms with Crippen molar-refractivity contribution in [2.75, 3.05) is 0 Å². The summed E-state index contributed by atoms with van der Waals surface area (Å²) in [5.41, 5.74) is 3.64. The van der Waals surface area contributed by atoms with Crippen LogP contribution in [-0.2, 0) is 10.0 Å². The van der Waals surface area contributed by atoms with Gasteiger partial charge in [-0.25, -0.2) is 13.6 Å². The van der Waals surface area contributed by atoms with E-state index < -0.39 is 10.0 Å². The minimum Gasteiger partial charge on any atom is -0.493 e. The third kappa shape index (κ3) is 3.01. The van der Waals surface area contributed by atoms with Crippen LogP contribution in [0.3, 0.4) is 0 Å². The van der Waals surface area contributed by atoms with Crippen LogP contribution in [0.25, 0.3) is 10.9 Å². The zero-order chi connectivity index (χ0) is 17.5. The van der Waals surface area contributed by atoms with Gasteiger partial charge in [-0.3, -0.25) is 0 Å². The number of rotatable bonds is 3. The molecule has 2 aromatic carbocycles. The highest BCUT2D eigenvalue weighted by Crippen LogP contribution is 2.38. The van der Waals surface area contributed by atoms with E-state index in [-0.39, 0.29) is 10.8 Å². The topological polar surface area (TPSA) is 121 Å². The molecule has 0 atom stereocenters. The van der Waals surface area contributed by atoms with Crippen LogP contribution < -0.4 is 5.14 Å². The summed E-state index contributed by atoms with van der Waals surface area (Å²) in [6, 6.07) is 9.61. The van der Waals surface area contributed by atoms with E-state index in [1.807, 2.05) is 26.0 Å². The van der Waals surface area contributed by atoms with Crippen LogP contribution in [0.5, 0.6) is 5.88 Å². The van der Waals surface area contributed by atoms with Gasteiger partial charge in [-0.1, -0.05) is 11.6 Å². The molecule has 0 aliphatic rings. The Kier molecular flexibility index (Phi) is 3.86. The highest BCUT2D eigenvalue weighted by Gasteiger charge is 2.13. The molecule has 0 saturated carbocycles. The van der Waals surface area contributed by atoms with E-state index in [9.17, 15) is 13.5 Å². The lowest BCUT2D eigenvalue weighted by molar-refractivity contribution is 0.459. The molecule has 0 fully saturated rings. The molecule has 24 heavy (non-hydrogen) atoms. The number of aromatic nitrogens is 1. The van der Waals surface area contributed by atoms with Crippen molar-refractivity contribution in [3.8, 4) is 5.88 Å². The molecule has 0 bridgehead atoms. The highest BCUT2D eigenvalue weighted by molar-refractivity contribution is 7.89. The van der Waals surface area contributed by atoms with E-state index in [0.717, 1.165) is 22.0 Å². The molecule has 0 radical (unpaired) electrons. The Bertz CT molecular complexity index is 1050. The first kappa shape index (κ1) is 16.2. The van der Waals surface area contributed by atoms with Gasteiger partial charge in [0.1, 0.15) is 0 Å². The van der Waals surface area contributed by atoms with Gasteiger partial charge >= 0.3 is 0 Å². The molecule has 7 nitrogen and oxygen atoms in total. The lowest BCUT2D eigenvalue weighted by atomic mass is 10.1. The van der Waals surface area contributed by atoms with Crippen LogP contribution in [0.4, 0.5) is 11.4 Å². The fraction of sp³-hybridized carbons (Fsp3) is 0.125. The van der Waals surface area contributed by atoms with E-state index in [1.165, 1.54) is 24.3 Å². The summed E-state index contributed by atoms with van der Waals surface area (Å²) < 4.78 is 22.5. The average Bonchev–Trinajstić information content (AvgIpc) is 2.81. The summed E-state index contributed by atoms with van der Waals surface area (Å²) in [6.45, 7) is 3.90. The number of nitrogens with two attached hydrogens (primary N) is 1. The molecule has 1 heterocycles. The lowest BCUT2D eigenvalue weighted by Gasteiger charge is -1.99. The zero-order valence-electron chi connectivity index (χ0n) is 13.1. The molecule has 0 unspecified atom stereocenters. The average molecular weight is 344 g/mol. The van der Waals surface area contributed by atoms with Crippen LogP contribution in [0.15, 0.2) is 51.5 Å². The summed E-state index contributed by atoms with van der Waals surface area (Å²) >= 11 is 0. The van der Waals surface area contributed by atoms with Crippen LogP contribution in [0.1, 0.15) is 11.1 Å². The number of aromatic hydroxyl groups is 1. The SMILES string of the molecule is Cc1cc(C)c2[nH]c(O)c(N=Nc3ccc(S(N)(=O)=O)cc3)c2c1.